The summed E-state index contributed by atoms with van der Waals surface area (Å²) in [6.45, 7) is 4.50. The van der Waals surface area contributed by atoms with E-state index in [1.807, 2.05) is 24.4 Å². The van der Waals surface area contributed by atoms with Crippen molar-refractivity contribution >= 4 is 39.0 Å². The maximum absolute atomic E-state index is 15.1. The molecule has 1 aromatic heterocycles. The number of nitrogens with one attached hydrogen (secondary N) is 1. The van der Waals surface area contributed by atoms with Crippen LogP contribution < -0.4 is 5.32 Å². The van der Waals surface area contributed by atoms with E-state index in [-0.39, 0.29) is 36.1 Å². The number of ketones is 1. The molecule has 0 saturated carbocycles. The molecular weight excluding hydrogens is 509 g/mol. The van der Waals surface area contributed by atoms with Gasteiger partial charge in [0.05, 0.1) is 18.1 Å². The van der Waals surface area contributed by atoms with Gasteiger partial charge in [-0.1, -0.05) is 22.0 Å². The second-order valence-electron chi connectivity index (χ2n) is 8.03. The van der Waals surface area contributed by atoms with Crippen molar-refractivity contribution < 1.29 is 23.5 Å². The third-order valence-electron chi connectivity index (χ3n) is 5.93. The Morgan fingerprint density at radius 1 is 1.27 bits per heavy atom. The van der Waals surface area contributed by atoms with Gasteiger partial charge in [-0.3, -0.25) is 4.79 Å². The van der Waals surface area contributed by atoms with E-state index in [2.05, 4.69) is 21.2 Å². The molecular formula is C25H25BrFNO4S. The average molecular weight is 534 g/mol. The molecule has 0 fully saturated rings. The highest BCUT2D eigenvalue weighted by molar-refractivity contribution is 9.10. The molecule has 2 aliphatic rings. The average Bonchev–Trinajstić information content (AvgIpc) is 3.32. The predicted molar refractivity (Wildman–Crippen MR) is 128 cm³/mol. The fraction of sp³-hybridized carbons (Fsp3) is 0.360. The minimum absolute atomic E-state index is 0.0595. The second kappa shape index (κ2) is 10.3. The number of hydrogen-bond acceptors (Lipinski definition) is 6. The van der Waals surface area contributed by atoms with Crippen LogP contribution in [0.1, 0.15) is 49.0 Å². The van der Waals surface area contributed by atoms with Crippen molar-refractivity contribution in [2.75, 3.05) is 19.8 Å². The number of halogens is 2. The first-order valence-corrected chi connectivity index (χ1v) is 12.5. The standard InChI is InChI=1S/C25H25BrFNO4S/c1-3-31-8-9-32-25(30)22-14(2)28-19-11-15(21-5-4-10-33-21)12-20(29)24(19)23(22)17-13-16(26)6-7-18(17)27/h4-7,10,13,15,23,28H,3,8-9,11-12H2,1-2H3/t15-,23-/m1/s1. The fourth-order valence-electron chi connectivity index (χ4n) is 4.50. The van der Waals surface area contributed by atoms with Crippen LogP contribution in [0.4, 0.5) is 4.39 Å². The smallest absolute Gasteiger partial charge is 0.336 e. The zero-order valence-corrected chi connectivity index (χ0v) is 20.9. The number of carbonyl (C=O) groups excluding carboxylic acids is 2. The van der Waals surface area contributed by atoms with Crippen molar-refractivity contribution in [3.8, 4) is 0 Å². The molecule has 174 valence electrons. The first kappa shape index (κ1) is 23.9. The number of carbonyl (C=O) groups is 2. The van der Waals surface area contributed by atoms with Gasteiger partial charge in [0.25, 0.3) is 0 Å². The number of ether oxygens (including phenoxy) is 2. The van der Waals surface area contributed by atoms with Crippen LogP contribution in [0, 0.1) is 5.82 Å². The highest BCUT2D eigenvalue weighted by atomic mass is 79.9. The van der Waals surface area contributed by atoms with Crippen LogP contribution in [0.15, 0.2) is 62.7 Å². The van der Waals surface area contributed by atoms with Gasteiger partial charge in [-0.15, -0.1) is 11.3 Å². The maximum atomic E-state index is 15.1. The molecule has 33 heavy (non-hydrogen) atoms. The molecule has 1 aliphatic carbocycles. The Balaban J connectivity index is 1.75. The molecule has 0 spiro atoms. The molecule has 2 atom stereocenters. The van der Waals surface area contributed by atoms with Gasteiger partial charge in [-0.25, -0.2) is 9.18 Å². The summed E-state index contributed by atoms with van der Waals surface area (Å²) in [4.78, 5) is 27.8. The first-order valence-electron chi connectivity index (χ1n) is 10.9. The van der Waals surface area contributed by atoms with Gasteiger partial charge in [0.2, 0.25) is 0 Å². The summed E-state index contributed by atoms with van der Waals surface area (Å²) in [5.74, 6) is -1.92. The molecule has 0 radical (unpaired) electrons. The molecule has 0 saturated heterocycles. The van der Waals surface area contributed by atoms with Crippen molar-refractivity contribution in [1.82, 2.24) is 5.32 Å². The number of hydrogen-bond donors (Lipinski definition) is 1. The van der Waals surface area contributed by atoms with E-state index in [0.717, 1.165) is 10.6 Å². The summed E-state index contributed by atoms with van der Waals surface area (Å²) in [5, 5.41) is 5.28. The lowest BCUT2D eigenvalue weighted by Crippen LogP contribution is -2.36. The fourth-order valence-corrected chi connectivity index (χ4v) is 5.71. The highest BCUT2D eigenvalue weighted by Gasteiger charge is 2.42. The van der Waals surface area contributed by atoms with Crippen molar-refractivity contribution in [3.63, 3.8) is 0 Å². The van der Waals surface area contributed by atoms with E-state index in [1.54, 1.807) is 30.4 Å². The van der Waals surface area contributed by atoms with Gasteiger partial charge in [-0.2, -0.15) is 0 Å². The second-order valence-corrected chi connectivity index (χ2v) is 9.93. The number of benzene rings is 1. The third kappa shape index (κ3) is 4.98. The van der Waals surface area contributed by atoms with E-state index < -0.39 is 17.7 Å². The van der Waals surface area contributed by atoms with E-state index >= 15 is 4.39 Å². The van der Waals surface area contributed by atoms with Gasteiger partial charge in [0.15, 0.2) is 5.78 Å². The maximum Gasteiger partial charge on any atom is 0.336 e. The number of allylic oxidation sites excluding steroid dienone is 3. The normalized spacial score (nSPS) is 20.5. The van der Waals surface area contributed by atoms with Crippen molar-refractivity contribution in [3.05, 3.63) is 79.0 Å². The van der Waals surface area contributed by atoms with E-state index in [4.69, 9.17) is 9.47 Å². The van der Waals surface area contributed by atoms with Crippen LogP contribution in [-0.4, -0.2) is 31.6 Å². The first-order chi connectivity index (χ1) is 15.9. The Hall–Kier alpha value is -2.29. The van der Waals surface area contributed by atoms with Crippen LogP contribution >= 0.6 is 27.3 Å². The summed E-state index contributed by atoms with van der Waals surface area (Å²) in [5.41, 5.74) is 2.29. The van der Waals surface area contributed by atoms with Crippen LogP contribution in [0.3, 0.4) is 0 Å². The Labute approximate surface area is 204 Å². The quantitative estimate of drug-likeness (QED) is 0.371. The van der Waals surface area contributed by atoms with E-state index in [1.165, 1.54) is 6.07 Å². The van der Waals surface area contributed by atoms with E-state index in [0.29, 0.717) is 35.2 Å². The summed E-state index contributed by atoms with van der Waals surface area (Å²) in [6.07, 6.45) is 0.941. The zero-order chi connectivity index (χ0) is 23.5. The monoisotopic (exact) mass is 533 g/mol. The summed E-state index contributed by atoms with van der Waals surface area (Å²) in [7, 11) is 0. The molecule has 1 N–H and O–H groups in total. The van der Waals surface area contributed by atoms with Gasteiger partial charge in [0.1, 0.15) is 12.4 Å². The molecule has 2 heterocycles. The van der Waals surface area contributed by atoms with Crippen molar-refractivity contribution in [2.24, 2.45) is 0 Å². The van der Waals surface area contributed by atoms with Crippen LogP contribution in [-0.2, 0) is 19.1 Å². The van der Waals surface area contributed by atoms with Crippen molar-refractivity contribution in [1.29, 1.82) is 0 Å². The van der Waals surface area contributed by atoms with Gasteiger partial charge < -0.3 is 14.8 Å². The van der Waals surface area contributed by atoms with E-state index in [9.17, 15) is 9.59 Å². The molecule has 0 unspecified atom stereocenters. The Bertz CT molecular complexity index is 1130. The zero-order valence-electron chi connectivity index (χ0n) is 18.5. The van der Waals surface area contributed by atoms with Gasteiger partial charge >= 0.3 is 5.97 Å². The lowest BCUT2D eigenvalue weighted by Gasteiger charge is -2.36. The number of esters is 1. The van der Waals surface area contributed by atoms with Gasteiger partial charge in [-0.05, 0) is 49.9 Å². The summed E-state index contributed by atoms with van der Waals surface area (Å²) in [6, 6.07) is 8.59. The summed E-state index contributed by atoms with van der Waals surface area (Å²) < 4.78 is 26.5. The molecule has 5 nitrogen and oxygen atoms in total. The third-order valence-corrected chi connectivity index (χ3v) is 7.46. The minimum atomic E-state index is -0.838. The van der Waals surface area contributed by atoms with Crippen LogP contribution in [0.5, 0.6) is 0 Å². The van der Waals surface area contributed by atoms with Crippen molar-refractivity contribution in [2.45, 2.75) is 38.5 Å². The highest BCUT2D eigenvalue weighted by Crippen LogP contribution is 2.47. The molecule has 2 aromatic rings. The summed E-state index contributed by atoms with van der Waals surface area (Å²) >= 11 is 5.03. The minimum Gasteiger partial charge on any atom is -0.460 e. The Morgan fingerprint density at radius 3 is 2.82 bits per heavy atom. The van der Waals surface area contributed by atoms with Gasteiger partial charge in [0, 0.05) is 50.8 Å². The number of thiophene rings is 1. The lowest BCUT2D eigenvalue weighted by atomic mass is 9.72. The SMILES string of the molecule is CCOCCOC(=O)C1=C(C)NC2=C(C(=O)C[C@H](c3cccs3)C2)[C@@H]1c1cc(Br)ccc1F. The molecule has 1 aliphatic heterocycles. The predicted octanol–water partition coefficient (Wildman–Crippen LogP) is 5.59. The number of Topliss-reactive ketones (excluding diaryl/α,β-unsaturated/α-hetero) is 1. The molecule has 0 amide bonds. The Morgan fingerprint density at radius 2 is 2.09 bits per heavy atom. The molecule has 4 rings (SSSR count). The lowest BCUT2D eigenvalue weighted by molar-refractivity contribution is -0.140. The largest absolute Gasteiger partial charge is 0.460 e. The molecule has 8 heteroatoms. The number of rotatable bonds is 7. The van der Waals surface area contributed by atoms with Crippen LogP contribution in [0.2, 0.25) is 0 Å². The molecule has 0 bridgehead atoms. The topological polar surface area (TPSA) is 64.6 Å². The van der Waals surface area contributed by atoms with Crippen LogP contribution in [0.25, 0.3) is 0 Å². The Kier molecular flexibility index (Phi) is 7.46. The molecule has 1 aromatic carbocycles. The number of dihydropyridines is 1.